The van der Waals surface area contributed by atoms with Gasteiger partial charge in [0.2, 0.25) is 5.78 Å². The first-order valence-electron chi connectivity index (χ1n) is 7.39. The molecule has 1 aromatic heterocycles. The van der Waals surface area contributed by atoms with Crippen molar-refractivity contribution < 1.29 is 14.3 Å². The molecule has 2 aromatic rings. The highest BCUT2D eigenvalue weighted by atomic mass is 16.5. The fourth-order valence-electron chi connectivity index (χ4n) is 2.01. The van der Waals surface area contributed by atoms with E-state index in [1.165, 1.54) is 0 Å². The Kier molecular flexibility index (Phi) is 5.77. The maximum absolute atomic E-state index is 12.1. The lowest BCUT2D eigenvalue weighted by Gasteiger charge is -2.11. The van der Waals surface area contributed by atoms with Crippen LogP contribution in [0.1, 0.15) is 40.6 Å². The zero-order valence-electron chi connectivity index (χ0n) is 12.6. The fraction of sp³-hybridized carbons (Fsp3) is 0.294. The van der Waals surface area contributed by atoms with E-state index in [4.69, 9.17) is 4.74 Å². The third-order valence-electron chi connectivity index (χ3n) is 3.23. The first-order chi connectivity index (χ1) is 10.7. The van der Waals surface area contributed by atoms with Gasteiger partial charge in [-0.05, 0) is 30.7 Å². The molecule has 0 radical (unpaired) electrons. The number of unbranched alkanes of at least 4 members (excludes halogenated alkanes) is 1. The summed E-state index contributed by atoms with van der Waals surface area (Å²) in [6.45, 7) is 2.62. The summed E-state index contributed by atoms with van der Waals surface area (Å²) in [5.74, 6) is -0.755. The van der Waals surface area contributed by atoms with Crippen molar-refractivity contribution in [2.45, 2.75) is 19.8 Å². The molecular formula is C17H20N2O3. The molecule has 0 atom stereocenters. The molecule has 2 N–H and O–H groups in total. The molecule has 1 aromatic carbocycles. The number of nitrogens with one attached hydrogen (secondary N) is 2. The van der Waals surface area contributed by atoms with Gasteiger partial charge >= 0.3 is 5.97 Å². The number of H-pyrrole nitrogens is 1. The van der Waals surface area contributed by atoms with Crippen molar-refractivity contribution in [3.8, 4) is 0 Å². The number of benzene rings is 1. The van der Waals surface area contributed by atoms with Crippen LogP contribution in [0.2, 0.25) is 0 Å². The van der Waals surface area contributed by atoms with Crippen molar-refractivity contribution in [3.05, 3.63) is 53.9 Å². The smallest absolute Gasteiger partial charge is 0.340 e. The van der Waals surface area contributed by atoms with E-state index >= 15 is 0 Å². The van der Waals surface area contributed by atoms with Crippen molar-refractivity contribution in [1.82, 2.24) is 4.98 Å². The number of anilines is 1. The first-order valence-corrected chi connectivity index (χ1v) is 7.39. The second-order valence-corrected chi connectivity index (χ2v) is 4.91. The maximum Gasteiger partial charge on any atom is 0.340 e. The quantitative estimate of drug-likeness (QED) is 0.446. The third-order valence-corrected chi connectivity index (χ3v) is 3.23. The lowest BCUT2D eigenvalue weighted by molar-refractivity contribution is 0.0474. The Labute approximate surface area is 129 Å². The number of aromatic nitrogens is 1. The predicted octanol–water partition coefficient (Wildman–Crippen LogP) is 3.27. The van der Waals surface area contributed by atoms with Gasteiger partial charge in [0.1, 0.15) is 0 Å². The number of carbonyl (C=O) groups excluding carboxylic acids is 2. The summed E-state index contributed by atoms with van der Waals surface area (Å²) in [5, 5.41) is 3.22. The van der Waals surface area contributed by atoms with E-state index in [9.17, 15) is 9.59 Å². The van der Waals surface area contributed by atoms with Gasteiger partial charge in [0, 0.05) is 18.4 Å². The van der Waals surface area contributed by atoms with Gasteiger partial charge in [0.25, 0.3) is 0 Å². The molecule has 5 heteroatoms. The van der Waals surface area contributed by atoms with Crippen LogP contribution in [0.25, 0.3) is 0 Å². The summed E-state index contributed by atoms with van der Waals surface area (Å²) in [6.07, 6.45) is 3.75. The monoisotopic (exact) mass is 300 g/mol. The SMILES string of the molecule is CCCCNc1ccccc1C(=O)OCC(=O)c1ccc[nH]1. The van der Waals surface area contributed by atoms with Crippen molar-refractivity contribution in [2.75, 3.05) is 18.5 Å². The van der Waals surface area contributed by atoms with Gasteiger partial charge < -0.3 is 15.0 Å². The number of ketones is 1. The minimum absolute atomic E-state index is 0.255. The molecule has 116 valence electrons. The highest BCUT2D eigenvalue weighted by Gasteiger charge is 2.15. The number of rotatable bonds is 8. The summed E-state index contributed by atoms with van der Waals surface area (Å²) in [4.78, 5) is 26.8. The molecule has 0 fully saturated rings. The topological polar surface area (TPSA) is 71.2 Å². The van der Waals surface area contributed by atoms with Gasteiger partial charge in [-0.1, -0.05) is 25.5 Å². The number of esters is 1. The average Bonchev–Trinajstić information content (AvgIpc) is 3.07. The molecule has 0 aliphatic rings. The molecule has 0 aliphatic carbocycles. The molecule has 0 amide bonds. The average molecular weight is 300 g/mol. The Balaban J connectivity index is 1.95. The van der Waals surface area contributed by atoms with Gasteiger partial charge in [-0.3, -0.25) is 4.79 Å². The van der Waals surface area contributed by atoms with E-state index in [1.54, 1.807) is 30.5 Å². The Bertz CT molecular complexity index is 621. The van der Waals surface area contributed by atoms with Crippen LogP contribution < -0.4 is 5.32 Å². The summed E-state index contributed by atoms with van der Waals surface area (Å²) >= 11 is 0. The lowest BCUT2D eigenvalue weighted by atomic mass is 10.1. The number of Topliss-reactive ketones (excluding diaryl/α,β-unsaturated/α-hetero) is 1. The molecule has 1 heterocycles. The van der Waals surface area contributed by atoms with Crippen molar-refractivity contribution in [1.29, 1.82) is 0 Å². The summed E-state index contributed by atoms with van der Waals surface area (Å²) in [5.41, 5.74) is 1.60. The molecule has 5 nitrogen and oxygen atoms in total. The van der Waals surface area contributed by atoms with Crippen LogP contribution >= 0.6 is 0 Å². The number of para-hydroxylation sites is 1. The van der Waals surface area contributed by atoms with E-state index in [1.807, 2.05) is 12.1 Å². The Morgan fingerprint density at radius 1 is 1.18 bits per heavy atom. The van der Waals surface area contributed by atoms with E-state index in [2.05, 4.69) is 17.2 Å². The number of hydrogen-bond acceptors (Lipinski definition) is 4. The van der Waals surface area contributed by atoms with E-state index in [-0.39, 0.29) is 12.4 Å². The Morgan fingerprint density at radius 3 is 2.73 bits per heavy atom. The predicted molar refractivity (Wildman–Crippen MR) is 85.2 cm³/mol. The van der Waals surface area contributed by atoms with Crippen LogP contribution in [0.3, 0.4) is 0 Å². The van der Waals surface area contributed by atoms with Crippen molar-refractivity contribution in [3.63, 3.8) is 0 Å². The molecule has 0 saturated heterocycles. The molecular weight excluding hydrogens is 280 g/mol. The highest BCUT2D eigenvalue weighted by Crippen LogP contribution is 2.16. The van der Waals surface area contributed by atoms with E-state index in [0.717, 1.165) is 25.1 Å². The Morgan fingerprint density at radius 2 is 2.00 bits per heavy atom. The number of ether oxygens (including phenoxy) is 1. The summed E-state index contributed by atoms with van der Waals surface area (Å²) in [6, 6.07) is 10.5. The zero-order chi connectivity index (χ0) is 15.8. The van der Waals surface area contributed by atoms with Crippen LogP contribution in [0, 0.1) is 0 Å². The molecule has 2 rings (SSSR count). The summed E-state index contributed by atoms with van der Waals surface area (Å²) < 4.78 is 5.11. The minimum atomic E-state index is -0.500. The summed E-state index contributed by atoms with van der Waals surface area (Å²) in [7, 11) is 0. The third kappa shape index (κ3) is 4.22. The maximum atomic E-state index is 12.1. The van der Waals surface area contributed by atoms with Crippen molar-refractivity contribution >= 4 is 17.4 Å². The molecule has 0 unspecified atom stereocenters. The largest absolute Gasteiger partial charge is 0.454 e. The van der Waals surface area contributed by atoms with Gasteiger partial charge in [-0.15, -0.1) is 0 Å². The van der Waals surface area contributed by atoms with Crippen molar-refractivity contribution in [2.24, 2.45) is 0 Å². The van der Waals surface area contributed by atoms with E-state index < -0.39 is 5.97 Å². The first kappa shape index (κ1) is 15.8. The van der Waals surface area contributed by atoms with Gasteiger partial charge in [-0.2, -0.15) is 0 Å². The second-order valence-electron chi connectivity index (χ2n) is 4.91. The van der Waals surface area contributed by atoms with Crippen LogP contribution in [-0.4, -0.2) is 29.9 Å². The number of carbonyl (C=O) groups is 2. The molecule has 0 saturated carbocycles. The van der Waals surface area contributed by atoms with Gasteiger partial charge in [-0.25, -0.2) is 4.79 Å². The lowest BCUT2D eigenvalue weighted by Crippen LogP contribution is -2.16. The normalized spacial score (nSPS) is 10.2. The minimum Gasteiger partial charge on any atom is -0.454 e. The van der Waals surface area contributed by atoms with Crippen LogP contribution in [0.5, 0.6) is 0 Å². The van der Waals surface area contributed by atoms with Gasteiger partial charge in [0.15, 0.2) is 6.61 Å². The molecule has 0 spiro atoms. The molecule has 22 heavy (non-hydrogen) atoms. The van der Waals surface area contributed by atoms with E-state index in [0.29, 0.717) is 11.3 Å². The molecule has 0 aliphatic heterocycles. The Hall–Kier alpha value is -2.56. The van der Waals surface area contributed by atoms with Crippen LogP contribution in [0.4, 0.5) is 5.69 Å². The number of hydrogen-bond donors (Lipinski definition) is 2. The zero-order valence-corrected chi connectivity index (χ0v) is 12.6. The van der Waals surface area contributed by atoms with Gasteiger partial charge in [0.05, 0.1) is 11.3 Å². The number of aromatic amines is 1. The highest BCUT2D eigenvalue weighted by molar-refractivity contribution is 6.00. The fourth-order valence-corrected chi connectivity index (χ4v) is 2.01. The van der Waals surface area contributed by atoms with Crippen LogP contribution in [-0.2, 0) is 4.74 Å². The standard InChI is InChI=1S/C17H20N2O3/c1-2-3-10-18-14-8-5-4-7-13(14)17(21)22-12-16(20)15-9-6-11-19-15/h4-9,11,18-19H,2-3,10,12H2,1H3. The molecule has 0 bridgehead atoms. The van der Waals surface area contributed by atoms with Crippen LogP contribution in [0.15, 0.2) is 42.6 Å². The second kappa shape index (κ2) is 8.02.